The highest BCUT2D eigenvalue weighted by molar-refractivity contribution is 7.92. The van der Waals surface area contributed by atoms with E-state index in [2.05, 4.69) is 17.2 Å². The van der Waals surface area contributed by atoms with Crippen LogP contribution in [0.5, 0.6) is 0 Å². The Morgan fingerprint density at radius 1 is 1.07 bits per heavy atom. The number of aromatic nitrogens is 1. The van der Waals surface area contributed by atoms with Gasteiger partial charge in [0.05, 0.1) is 17.5 Å². The molecule has 2 aromatic carbocycles. The number of hydrogen-bond donors (Lipinski definition) is 1. The molecule has 0 aliphatic carbocycles. The highest BCUT2D eigenvalue weighted by Gasteiger charge is 2.23. The fourth-order valence-corrected chi connectivity index (χ4v) is 3.68. The Bertz CT molecular complexity index is 1060. The zero-order valence-corrected chi connectivity index (χ0v) is 16.0. The summed E-state index contributed by atoms with van der Waals surface area (Å²) < 4.78 is 25.8. The predicted molar refractivity (Wildman–Crippen MR) is 108 cm³/mol. The van der Waals surface area contributed by atoms with Crippen LogP contribution in [0.3, 0.4) is 0 Å². The molecule has 27 heavy (non-hydrogen) atoms. The molecule has 0 aliphatic heterocycles. The molecule has 6 nitrogen and oxygen atoms in total. The van der Waals surface area contributed by atoms with E-state index in [1.165, 1.54) is 0 Å². The molecule has 1 aromatic heterocycles. The van der Waals surface area contributed by atoms with Crippen molar-refractivity contribution in [3.63, 3.8) is 0 Å². The minimum absolute atomic E-state index is 0.329. The Balaban J connectivity index is 1.88. The maximum Gasteiger partial charge on any atom is 0.245 e. The molecular formula is C20H21N3O3S. The van der Waals surface area contributed by atoms with Crippen LogP contribution in [0.15, 0.2) is 60.8 Å². The number of nitrogens with zero attached hydrogens (tertiary/aromatic N) is 2. The molecule has 0 radical (unpaired) electrons. The molecule has 3 aromatic rings. The molecular weight excluding hydrogens is 362 g/mol. The number of amides is 1. The van der Waals surface area contributed by atoms with Gasteiger partial charge >= 0.3 is 0 Å². The van der Waals surface area contributed by atoms with Gasteiger partial charge in [-0.15, -0.1) is 0 Å². The van der Waals surface area contributed by atoms with Crippen LogP contribution < -0.4 is 9.62 Å². The van der Waals surface area contributed by atoms with Crippen LogP contribution in [-0.2, 0) is 21.2 Å². The Morgan fingerprint density at radius 3 is 2.44 bits per heavy atom. The van der Waals surface area contributed by atoms with E-state index >= 15 is 0 Å². The molecule has 3 rings (SSSR count). The summed E-state index contributed by atoms with van der Waals surface area (Å²) in [6, 6.07) is 16.4. The zero-order chi connectivity index (χ0) is 19.4. The van der Waals surface area contributed by atoms with Crippen LogP contribution >= 0.6 is 0 Å². The average molecular weight is 383 g/mol. The average Bonchev–Trinajstić information content (AvgIpc) is 2.65. The molecule has 0 aliphatic rings. The number of carbonyl (C=O) groups is 1. The van der Waals surface area contributed by atoms with Gasteiger partial charge in [0.1, 0.15) is 6.54 Å². The summed E-state index contributed by atoms with van der Waals surface area (Å²) in [6.45, 7) is 1.72. The number of anilines is 2. The first kappa shape index (κ1) is 18.8. The summed E-state index contributed by atoms with van der Waals surface area (Å²) in [7, 11) is -3.67. The first-order valence-corrected chi connectivity index (χ1v) is 10.4. The molecule has 0 bridgehead atoms. The molecule has 0 saturated heterocycles. The van der Waals surface area contributed by atoms with Crippen LogP contribution in [0.2, 0.25) is 0 Å². The van der Waals surface area contributed by atoms with E-state index in [1.54, 1.807) is 36.5 Å². The molecule has 0 fully saturated rings. The summed E-state index contributed by atoms with van der Waals surface area (Å²) >= 11 is 0. The Hall–Kier alpha value is -2.93. The van der Waals surface area contributed by atoms with Crippen molar-refractivity contribution in [1.82, 2.24) is 4.98 Å². The largest absolute Gasteiger partial charge is 0.325 e. The minimum Gasteiger partial charge on any atom is -0.325 e. The lowest BCUT2D eigenvalue weighted by atomic mass is 10.1. The third kappa shape index (κ3) is 4.43. The molecule has 1 amide bonds. The van der Waals surface area contributed by atoms with Gasteiger partial charge in [0.2, 0.25) is 15.9 Å². The lowest BCUT2D eigenvalue weighted by Gasteiger charge is -2.23. The van der Waals surface area contributed by atoms with Crippen molar-refractivity contribution in [2.75, 3.05) is 22.4 Å². The van der Waals surface area contributed by atoms with Gasteiger partial charge in [0.25, 0.3) is 0 Å². The van der Waals surface area contributed by atoms with Gasteiger partial charge in [0, 0.05) is 17.3 Å². The van der Waals surface area contributed by atoms with E-state index in [1.807, 2.05) is 24.3 Å². The third-order valence-corrected chi connectivity index (χ3v) is 5.34. The first-order valence-electron chi connectivity index (χ1n) is 8.58. The Labute approximate surface area is 158 Å². The number of fused-ring (bicyclic) bond motifs is 1. The monoisotopic (exact) mass is 383 g/mol. The van der Waals surface area contributed by atoms with E-state index in [0.29, 0.717) is 16.9 Å². The number of nitrogens with one attached hydrogen (secondary N) is 1. The summed E-state index contributed by atoms with van der Waals surface area (Å²) in [5.74, 6) is -0.419. The lowest BCUT2D eigenvalue weighted by molar-refractivity contribution is -0.114. The molecule has 0 spiro atoms. The molecule has 0 saturated carbocycles. The van der Waals surface area contributed by atoms with Crippen molar-refractivity contribution >= 4 is 38.2 Å². The number of hydrogen-bond acceptors (Lipinski definition) is 4. The van der Waals surface area contributed by atoms with E-state index in [-0.39, 0.29) is 6.54 Å². The summed E-state index contributed by atoms with van der Waals surface area (Å²) in [5.41, 5.74) is 2.70. The number of benzene rings is 2. The van der Waals surface area contributed by atoms with E-state index in [4.69, 9.17) is 0 Å². The SMILES string of the molecule is CCc1ccc(NC(=O)CN(c2cccc3cccnc23)S(C)(=O)=O)cc1. The second-order valence-corrected chi connectivity index (χ2v) is 8.13. The topological polar surface area (TPSA) is 79.4 Å². The fraction of sp³-hybridized carbons (Fsp3) is 0.200. The van der Waals surface area contributed by atoms with Gasteiger partial charge in [-0.1, -0.05) is 37.3 Å². The third-order valence-electron chi connectivity index (χ3n) is 4.21. The van der Waals surface area contributed by atoms with Gasteiger partial charge < -0.3 is 5.32 Å². The van der Waals surface area contributed by atoms with Crippen molar-refractivity contribution in [3.05, 3.63) is 66.4 Å². The summed E-state index contributed by atoms with van der Waals surface area (Å²) in [4.78, 5) is 16.8. The summed E-state index contributed by atoms with van der Waals surface area (Å²) in [5, 5.41) is 3.55. The maximum atomic E-state index is 12.5. The molecule has 0 atom stereocenters. The lowest BCUT2D eigenvalue weighted by Crippen LogP contribution is -2.37. The van der Waals surface area contributed by atoms with Gasteiger partial charge in [-0.3, -0.25) is 14.1 Å². The van der Waals surface area contributed by atoms with Crippen LogP contribution in [0.25, 0.3) is 10.9 Å². The number of para-hydroxylation sites is 1. The normalized spacial score (nSPS) is 11.3. The highest BCUT2D eigenvalue weighted by atomic mass is 32.2. The van der Waals surface area contributed by atoms with Crippen LogP contribution in [0.4, 0.5) is 11.4 Å². The number of rotatable bonds is 6. The zero-order valence-electron chi connectivity index (χ0n) is 15.2. The van der Waals surface area contributed by atoms with Gasteiger partial charge in [-0.2, -0.15) is 0 Å². The number of carbonyl (C=O) groups excluding carboxylic acids is 1. The van der Waals surface area contributed by atoms with E-state index in [0.717, 1.165) is 27.9 Å². The molecule has 1 heterocycles. The minimum atomic E-state index is -3.67. The highest BCUT2D eigenvalue weighted by Crippen LogP contribution is 2.26. The first-order chi connectivity index (χ1) is 12.9. The summed E-state index contributed by atoms with van der Waals surface area (Å²) in [6.07, 6.45) is 3.59. The standard InChI is InChI=1S/C20H21N3O3S/c1-3-15-9-11-17(12-10-15)22-19(24)14-23(27(2,25)26)18-8-4-6-16-7-5-13-21-20(16)18/h4-13H,3,14H2,1-2H3,(H,22,24). The van der Waals surface area contributed by atoms with E-state index in [9.17, 15) is 13.2 Å². The number of sulfonamides is 1. The van der Waals surface area contributed by atoms with Crippen molar-refractivity contribution < 1.29 is 13.2 Å². The van der Waals surface area contributed by atoms with Crippen molar-refractivity contribution in [3.8, 4) is 0 Å². The number of aryl methyl sites for hydroxylation is 1. The molecule has 7 heteroatoms. The molecule has 140 valence electrons. The van der Waals surface area contributed by atoms with E-state index < -0.39 is 15.9 Å². The van der Waals surface area contributed by atoms with Crippen LogP contribution in [0, 0.1) is 0 Å². The molecule has 0 unspecified atom stereocenters. The second-order valence-electron chi connectivity index (χ2n) is 6.22. The maximum absolute atomic E-state index is 12.5. The Kier molecular flexibility index (Phi) is 5.41. The van der Waals surface area contributed by atoms with Gasteiger partial charge in [-0.05, 0) is 36.2 Å². The Morgan fingerprint density at radius 2 is 1.78 bits per heavy atom. The van der Waals surface area contributed by atoms with Crippen molar-refractivity contribution in [2.24, 2.45) is 0 Å². The molecule has 1 N–H and O–H groups in total. The smallest absolute Gasteiger partial charge is 0.245 e. The van der Waals surface area contributed by atoms with Gasteiger partial charge in [0.15, 0.2) is 0 Å². The second kappa shape index (κ2) is 7.75. The fourth-order valence-electron chi connectivity index (χ4n) is 2.83. The predicted octanol–water partition coefficient (Wildman–Crippen LogP) is 3.20. The quantitative estimate of drug-likeness (QED) is 0.709. The van der Waals surface area contributed by atoms with Crippen molar-refractivity contribution in [1.29, 1.82) is 0 Å². The number of pyridine rings is 1. The van der Waals surface area contributed by atoms with Gasteiger partial charge in [-0.25, -0.2) is 8.42 Å². The van der Waals surface area contributed by atoms with Crippen LogP contribution in [-0.4, -0.2) is 32.1 Å². The van der Waals surface area contributed by atoms with Crippen LogP contribution in [0.1, 0.15) is 12.5 Å². The van der Waals surface area contributed by atoms with Crippen molar-refractivity contribution in [2.45, 2.75) is 13.3 Å².